The molecule has 0 amide bonds. The van der Waals surface area contributed by atoms with Crippen LogP contribution in [0, 0.1) is 0 Å². The Morgan fingerprint density at radius 2 is 2.00 bits per heavy atom. The highest BCUT2D eigenvalue weighted by Gasteiger charge is 2.30. The van der Waals surface area contributed by atoms with E-state index in [0.29, 0.717) is 19.1 Å². The molecule has 5 heteroatoms. The molecule has 102 valence electrons. The summed E-state index contributed by atoms with van der Waals surface area (Å²) in [4.78, 5) is 1.52. The van der Waals surface area contributed by atoms with Gasteiger partial charge in [0.15, 0.2) is 0 Å². The highest BCUT2D eigenvalue weighted by molar-refractivity contribution is 4.74. The number of alkyl halides is 3. The smallest absolute Gasteiger partial charge is 0.314 e. The fourth-order valence-electron chi connectivity index (χ4n) is 2.35. The summed E-state index contributed by atoms with van der Waals surface area (Å²) < 4.78 is 37.0. The van der Waals surface area contributed by atoms with Crippen LogP contribution in [0.25, 0.3) is 0 Å². The van der Waals surface area contributed by atoms with Crippen LogP contribution in [0.4, 0.5) is 13.2 Å². The molecule has 1 heterocycles. The molecule has 17 heavy (non-hydrogen) atoms. The van der Waals surface area contributed by atoms with Crippen LogP contribution in [0.5, 0.6) is 0 Å². The Hall–Kier alpha value is -0.290. The molecule has 1 aliphatic rings. The highest BCUT2D eigenvalue weighted by atomic mass is 19.4. The van der Waals surface area contributed by atoms with Crippen molar-refractivity contribution in [2.24, 2.45) is 0 Å². The van der Waals surface area contributed by atoms with Gasteiger partial charge in [-0.2, -0.15) is 13.2 Å². The third-order valence-electron chi connectivity index (χ3n) is 3.15. The predicted molar refractivity (Wildman–Crippen MR) is 63.0 cm³/mol. The average Bonchev–Trinajstić information content (AvgIpc) is 2.26. The molecule has 1 unspecified atom stereocenters. The van der Waals surface area contributed by atoms with E-state index in [-0.39, 0.29) is 0 Å². The number of nitrogens with one attached hydrogen (secondary N) is 1. The summed E-state index contributed by atoms with van der Waals surface area (Å²) in [7, 11) is 0. The van der Waals surface area contributed by atoms with E-state index in [1.165, 1.54) is 17.7 Å². The first-order valence-electron chi connectivity index (χ1n) is 6.54. The standard InChI is InChI=1S/C12H23F3N2/c1-2-8-17(10-12(13,14)15)9-6-11-5-3-4-7-16-11/h11,16H,2-10H2,1H3. The first-order valence-corrected chi connectivity index (χ1v) is 6.54. The molecule has 2 nitrogen and oxygen atoms in total. The second kappa shape index (κ2) is 7.21. The Morgan fingerprint density at radius 3 is 2.53 bits per heavy atom. The molecule has 0 aromatic rings. The molecule has 0 saturated carbocycles. The zero-order valence-corrected chi connectivity index (χ0v) is 10.5. The van der Waals surface area contributed by atoms with Gasteiger partial charge in [0.1, 0.15) is 0 Å². The van der Waals surface area contributed by atoms with E-state index in [2.05, 4.69) is 5.32 Å². The van der Waals surface area contributed by atoms with Crippen molar-refractivity contribution in [3.05, 3.63) is 0 Å². The number of piperidine rings is 1. The number of halogens is 3. The van der Waals surface area contributed by atoms with Gasteiger partial charge >= 0.3 is 6.18 Å². The molecule has 1 saturated heterocycles. The van der Waals surface area contributed by atoms with Gasteiger partial charge in [-0.05, 0) is 45.3 Å². The lowest BCUT2D eigenvalue weighted by Gasteiger charge is -2.28. The minimum absolute atomic E-state index is 0.413. The Bertz CT molecular complexity index is 200. The first kappa shape index (κ1) is 14.8. The number of rotatable bonds is 6. The van der Waals surface area contributed by atoms with E-state index in [4.69, 9.17) is 0 Å². The maximum absolute atomic E-state index is 12.3. The number of hydrogen-bond donors (Lipinski definition) is 1. The third kappa shape index (κ3) is 6.88. The maximum atomic E-state index is 12.3. The molecular formula is C12H23F3N2. The molecule has 0 aliphatic carbocycles. The summed E-state index contributed by atoms with van der Waals surface area (Å²) in [5.74, 6) is 0. The van der Waals surface area contributed by atoms with E-state index < -0.39 is 12.7 Å². The van der Waals surface area contributed by atoms with E-state index in [0.717, 1.165) is 25.8 Å². The zero-order chi connectivity index (χ0) is 12.7. The predicted octanol–water partition coefficient (Wildman–Crippen LogP) is 2.79. The lowest BCUT2D eigenvalue weighted by atomic mass is 10.0. The summed E-state index contributed by atoms with van der Waals surface area (Å²) in [6.45, 7) is 3.24. The second-order valence-corrected chi connectivity index (χ2v) is 4.83. The van der Waals surface area contributed by atoms with Crippen molar-refractivity contribution < 1.29 is 13.2 Å². The minimum Gasteiger partial charge on any atom is -0.314 e. The quantitative estimate of drug-likeness (QED) is 0.782. The van der Waals surface area contributed by atoms with Crippen molar-refractivity contribution in [1.82, 2.24) is 10.2 Å². The van der Waals surface area contributed by atoms with Gasteiger partial charge in [0.2, 0.25) is 0 Å². The molecule has 0 aromatic heterocycles. The Labute approximate surface area is 102 Å². The molecule has 1 fully saturated rings. The highest BCUT2D eigenvalue weighted by Crippen LogP contribution is 2.18. The molecule has 1 atom stereocenters. The Morgan fingerprint density at radius 1 is 1.24 bits per heavy atom. The summed E-state index contributed by atoms with van der Waals surface area (Å²) in [5.41, 5.74) is 0. The minimum atomic E-state index is -4.07. The molecule has 1 rings (SSSR count). The molecule has 0 aromatic carbocycles. The van der Waals surface area contributed by atoms with Crippen LogP contribution >= 0.6 is 0 Å². The van der Waals surface area contributed by atoms with Gasteiger partial charge in [0, 0.05) is 6.04 Å². The van der Waals surface area contributed by atoms with Crippen LogP contribution in [0.3, 0.4) is 0 Å². The topological polar surface area (TPSA) is 15.3 Å². The average molecular weight is 252 g/mol. The molecule has 0 spiro atoms. The van der Waals surface area contributed by atoms with Gasteiger partial charge in [-0.3, -0.25) is 4.90 Å². The zero-order valence-electron chi connectivity index (χ0n) is 10.5. The van der Waals surface area contributed by atoms with Crippen LogP contribution in [-0.4, -0.2) is 43.3 Å². The van der Waals surface area contributed by atoms with Gasteiger partial charge in [-0.15, -0.1) is 0 Å². The fraction of sp³-hybridized carbons (Fsp3) is 1.00. The molecular weight excluding hydrogens is 229 g/mol. The van der Waals surface area contributed by atoms with Crippen molar-refractivity contribution in [2.45, 2.75) is 51.2 Å². The summed E-state index contributed by atoms with van der Waals surface area (Å²) >= 11 is 0. The monoisotopic (exact) mass is 252 g/mol. The molecule has 0 bridgehead atoms. The molecule has 1 aliphatic heterocycles. The van der Waals surface area contributed by atoms with E-state index >= 15 is 0 Å². The maximum Gasteiger partial charge on any atom is 0.401 e. The lowest BCUT2D eigenvalue weighted by molar-refractivity contribution is -0.146. The lowest BCUT2D eigenvalue weighted by Crippen LogP contribution is -2.40. The second-order valence-electron chi connectivity index (χ2n) is 4.83. The van der Waals surface area contributed by atoms with E-state index in [1.54, 1.807) is 0 Å². The number of hydrogen-bond acceptors (Lipinski definition) is 2. The van der Waals surface area contributed by atoms with Crippen LogP contribution in [0.15, 0.2) is 0 Å². The van der Waals surface area contributed by atoms with Crippen LogP contribution < -0.4 is 5.32 Å². The van der Waals surface area contributed by atoms with Crippen molar-refractivity contribution in [3.8, 4) is 0 Å². The first-order chi connectivity index (χ1) is 8.01. The van der Waals surface area contributed by atoms with Crippen LogP contribution in [0.1, 0.15) is 39.0 Å². The van der Waals surface area contributed by atoms with Crippen molar-refractivity contribution in [3.63, 3.8) is 0 Å². The van der Waals surface area contributed by atoms with Crippen LogP contribution in [0.2, 0.25) is 0 Å². The van der Waals surface area contributed by atoms with Gasteiger partial charge in [0.25, 0.3) is 0 Å². The summed E-state index contributed by atoms with van der Waals surface area (Å²) in [6.07, 6.45) is 1.02. The summed E-state index contributed by atoms with van der Waals surface area (Å²) in [6, 6.07) is 0.413. The largest absolute Gasteiger partial charge is 0.401 e. The van der Waals surface area contributed by atoms with E-state index in [1.807, 2.05) is 6.92 Å². The van der Waals surface area contributed by atoms with E-state index in [9.17, 15) is 13.2 Å². The SMILES string of the molecule is CCCN(CCC1CCCCN1)CC(F)(F)F. The van der Waals surface area contributed by atoms with Gasteiger partial charge in [-0.25, -0.2) is 0 Å². The van der Waals surface area contributed by atoms with Gasteiger partial charge in [-0.1, -0.05) is 13.3 Å². The van der Waals surface area contributed by atoms with Crippen molar-refractivity contribution in [2.75, 3.05) is 26.2 Å². The van der Waals surface area contributed by atoms with Crippen molar-refractivity contribution in [1.29, 1.82) is 0 Å². The summed E-state index contributed by atoms with van der Waals surface area (Å²) in [5, 5.41) is 3.37. The normalized spacial score (nSPS) is 22.1. The molecule has 1 N–H and O–H groups in total. The Kier molecular flexibility index (Phi) is 6.27. The fourth-order valence-corrected chi connectivity index (χ4v) is 2.35. The van der Waals surface area contributed by atoms with Gasteiger partial charge in [0.05, 0.1) is 6.54 Å². The molecule has 0 radical (unpaired) electrons. The number of nitrogens with zero attached hydrogens (tertiary/aromatic N) is 1. The van der Waals surface area contributed by atoms with Crippen LogP contribution in [-0.2, 0) is 0 Å². The van der Waals surface area contributed by atoms with Gasteiger partial charge < -0.3 is 5.32 Å². The third-order valence-corrected chi connectivity index (χ3v) is 3.15. The Balaban J connectivity index is 2.27. The van der Waals surface area contributed by atoms with Crippen molar-refractivity contribution >= 4 is 0 Å².